The minimum absolute atomic E-state index is 0.00265. The van der Waals surface area contributed by atoms with Gasteiger partial charge in [-0.15, -0.1) is 0 Å². The van der Waals surface area contributed by atoms with Crippen LogP contribution in [0.1, 0.15) is 16.8 Å². The monoisotopic (exact) mass is 427 g/mol. The van der Waals surface area contributed by atoms with Crippen LogP contribution >= 0.6 is 0 Å². The van der Waals surface area contributed by atoms with E-state index in [0.717, 1.165) is 39.3 Å². The van der Waals surface area contributed by atoms with Gasteiger partial charge in [-0.1, -0.05) is 0 Å². The molecule has 1 N–H and O–H groups in total. The molecular formula is C19H29N3O6S. The first-order chi connectivity index (χ1) is 14.0. The largest absolute Gasteiger partial charge is 0.495 e. The van der Waals surface area contributed by atoms with Gasteiger partial charge in [-0.25, -0.2) is 8.42 Å². The van der Waals surface area contributed by atoms with E-state index in [1.54, 1.807) is 6.07 Å². The Balaban J connectivity index is 1.63. The van der Waals surface area contributed by atoms with Gasteiger partial charge in [-0.3, -0.25) is 9.69 Å². The topological polar surface area (TPSA) is 97.4 Å². The van der Waals surface area contributed by atoms with E-state index in [0.29, 0.717) is 25.3 Å². The van der Waals surface area contributed by atoms with Crippen LogP contribution in [-0.2, 0) is 19.5 Å². The normalized spacial score (nSPS) is 19.1. The lowest BCUT2D eigenvalue weighted by Gasteiger charge is -2.27. The third kappa shape index (κ3) is 5.67. The summed E-state index contributed by atoms with van der Waals surface area (Å²) in [5, 5.41) is 2.87. The molecule has 10 heteroatoms. The smallest absolute Gasteiger partial charge is 0.251 e. The molecule has 9 nitrogen and oxygen atoms in total. The summed E-state index contributed by atoms with van der Waals surface area (Å²) in [6.45, 7) is 6.00. The molecule has 1 amide bonds. The molecule has 0 aliphatic carbocycles. The van der Waals surface area contributed by atoms with Gasteiger partial charge in [0.05, 0.1) is 33.5 Å². The van der Waals surface area contributed by atoms with Crippen LogP contribution in [0.4, 0.5) is 0 Å². The Kier molecular flexibility index (Phi) is 7.84. The van der Waals surface area contributed by atoms with Gasteiger partial charge in [-0.2, -0.15) is 4.31 Å². The molecule has 2 aliphatic rings. The Morgan fingerprint density at radius 3 is 2.41 bits per heavy atom. The van der Waals surface area contributed by atoms with Crippen molar-refractivity contribution in [3.05, 3.63) is 23.8 Å². The lowest BCUT2D eigenvalue weighted by molar-refractivity contribution is 0.0374. The fourth-order valence-electron chi connectivity index (χ4n) is 3.38. The number of benzene rings is 1. The third-order valence-corrected chi connectivity index (χ3v) is 6.97. The van der Waals surface area contributed by atoms with Crippen LogP contribution in [0.15, 0.2) is 23.1 Å². The molecule has 2 saturated heterocycles. The number of morpholine rings is 2. The molecule has 1 aromatic carbocycles. The number of ether oxygens (including phenoxy) is 3. The zero-order chi connectivity index (χ0) is 20.7. The van der Waals surface area contributed by atoms with Gasteiger partial charge in [0, 0.05) is 38.3 Å². The van der Waals surface area contributed by atoms with Crippen molar-refractivity contribution >= 4 is 15.9 Å². The second-order valence-electron chi connectivity index (χ2n) is 6.95. The maximum atomic E-state index is 13.0. The molecule has 2 fully saturated rings. The van der Waals surface area contributed by atoms with Crippen molar-refractivity contribution in [2.24, 2.45) is 0 Å². The van der Waals surface area contributed by atoms with E-state index in [1.165, 1.54) is 23.5 Å². The van der Waals surface area contributed by atoms with Crippen molar-refractivity contribution < 1.29 is 27.4 Å². The average molecular weight is 428 g/mol. The van der Waals surface area contributed by atoms with Gasteiger partial charge in [-0.05, 0) is 31.2 Å². The minimum Gasteiger partial charge on any atom is -0.495 e. The van der Waals surface area contributed by atoms with E-state index in [2.05, 4.69) is 10.2 Å². The molecule has 0 aromatic heterocycles. The molecule has 0 unspecified atom stereocenters. The second kappa shape index (κ2) is 10.4. The Hall–Kier alpha value is -1.72. The van der Waals surface area contributed by atoms with Gasteiger partial charge in [0.15, 0.2) is 0 Å². The Morgan fingerprint density at radius 1 is 1.10 bits per heavy atom. The molecule has 2 heterocycles. The maximum Gasteiger partial charge on any atom is 0.251 e. The molecule has 29 heavy (non-hydrogen) atoms. The van der Waals surface area contributed by atoms with Crippen molar-refractivity contribution in [2.75, 3.05) is 72.8 Å². The molecule has 2 aliphatic heterocycles. The Labute approximate surface area is 171 Å². The number of sulfonamides is 1. The molecule has 0 saturated carbocycles. The number of nitrogens with zero attached hydrogens (tertiary/aromatic N) is 2. The Bertz CT molecular complexity index is 789. The first-order valence-electron chi connectivity index (χ1n) is 9.86. The van der Waals surface area contributed by atoms with E-state index < -0.39 is 10.0 Å². The van der Waals surface area contributed by atoms with Crippen LogP contribution in [0.3, 0.4) is 0 Å². The van der Waals surface area contributed by atoms with Crippen LogP contribution in [0, 0.1) is 0 Å². The third-order valence-electron chi connectivity index (χ3n) is 5.05. The highest BCUT2D eigenvalue weighted by atomic mass is 32.2. The van der Waals surface area contributed by atoms with Gasteiger partial charge in [0.1, 0.15) is 10.6 Å². The summed E-state index contributed by atoms with van der Waals surface area (Å²) in [4.78, 5) is 14.8. The fourth-order valence-corrected chi connectivity index (χ4v) is 4.97. The molecule has 0 atom stereocenters. The molecular weight excluding hydrogens is 398 g/mol. The van der Waals surface area contributed by atoms with Gasteiger partial charge >= 0.3 is 0 Å². The highest BCUT2D eigenvalue weighted by Gasteiger charge is 2.30. The lowest BCUT2D eigenvalue weighted by Crippen LogP contribution is -2.40. The quantitative estimate of drug-likeness (QED) is 0.591. The van der Waals surface area contributed by atoms with E-state index in [-0.39, 0.29) is 29.6 Å². The first kappa shape index (κ1) is 22.0. The number of carbonyl (C=O) groups excluding carboxylic acids is 1. The van der Waals surface area contributed by atoms with Crippen LogP contribution in [0.25, 0.3) is 0 Å². The van der Waals surface area contributed by atoms with E-state index in [1.807, 2.05) is 0 Å². The number of carbonyl (C=O) groups is 1. The molecule has 162 valence electrons. The molecule has 0 bridgehead atoms. The van der Waals surface area contributed by atoms with Gasteiger partial charge in [0.2, 0.25) is 10.0 Å². The van der Waals surface area contributed by atoms with E-state index >= 15 is 0 Å². The van der Waals surface area contributed by atoms with Crippen molar-refractivity contribution in [1.82, 2.24) is 14.5 Å². The predicted octanol–water partition coefficient (Wildman–Crippen LogP) is 0.168. The summed E-state index contributed by atoms with van der Waals surface area (Å²) < 4.78 is 43.2. The minimum atomic E-state index is -3.77. The Morgan fingerprint density at radius 2 is 1.76 bits per heavy atom. The number of hydrogen-bond acceptors (Lipinski definition) is 7. The van der Waals surface area contributed by atoms with E-state index in [9.17, 15) is 13.2 Å². The average Bonchev–Trinajstić information content (AvgIpc) is 2.77. The number of amides is 1. The van der Waals surface area contributed by atoms with E-state index in [4.69, 9.17) is 14.2 Å². The summed E-state index contributed by atoms with van der Waals surface area (Å²) in [5.41, 5.74) is 0.295. The highest BCUT2D eigenvalue weighted by Crippen LogP contribution is 2.28. The molecule has 1 aromatic rings. The first-order valence-corrected chi connectivity index (χ1v) is 11.3. The molecule has 3 rings (SSSR count). The van der Waals surface area contributed by atoms with Crippen LogP contribution in [-0.4, -0.2) is 96.3 Å². The zero-order valence-corrected chi connectivity index (χ0v) is 17.6. The van der Waals surface area contributed by atoms with Crippen LogP contribution < -0.4 is 10.1 Å². The summed E-state index contributed by atoms with van der Waals surface area (Å²) in [5.74, 6) is -0.0755. The van der Waals surface area contributed by atoms with Crippen molar-refractivity contribution in [2.45, 2.75) is 11.3 Å². The van der Waals surface area contributed by atoms with Crippen molar-refractivity contribution in [1.29, 1.82) is 0 Å². The van der Waals surface area contributed by atoms with Crippen LogP contribution in [0.5, 0.6) is 5.75 Å². The standard InChI is InChI=1S/C19H29N3O6S/c1-26-17-4-3-16(15-18(17)29(24,25)22-9-13-28-14-10-22)19(23)20-5-2-6-21-7-11-27-12-8-21/h3-4,15H,2,5-14H2,1H3,(H,20,23). The number of hydrogen-bond donors (Lipinski definition) is 1. The highest BCUT2D eigenvalue weighted by molar-refractivity contribution is 7.89. The number of rotatable bonds is 8. The SMILES string of the molecule is COc1ccc(C(=O)NCCCN2CCOCC2)cc1S(=O)(=O)N1CCOCC1. The molecule has 0 radical (unpaired) electrons. The zero-order valence-electron chi connectivity index (χ0n) is 16.8. The summed E-state index contributed by atoms with van der Waals surface area (Å²) in [6, 6.07) is 4.49. The summed E-state index contributed by atoms with van der Waals surface area (Å²) in [6.07, 6.45) is 0.820. The lowest BCUT2D eigenvalue weighted by atomic mass is 10.2. The predicted molar refractivity (Wildman–Crippen MR) is 107 cm³/mol. The summed E-state index contributed by atoms with van der Waals surface area (Å²) >= 11 is 0. The maximum absolute atomic E-state index is 13.0. The second-order valence-corrected chi connectivity index (χ2v) is 8.85. The fraction of sp³-hybridized carbons (Fsp3) is 0.632. The van der Waals surface area contributed by atoms with Crippen LogP contribution in [0.2, 0.25) is 0 Å². The molecule has 0 spiro atoms. The van der Waals surface area contributed by atoms with Gasteiger partial charge in [0.25, 0.3) is 5.91 Å². The summed E-state index contributed by atoms with van der Waals surface area (Å²) in [7, 11) is -2.35. The number of methoxy groups -OCH3 is 1. The van der Waals surface area contributed by atoms with Crippen molar-refractivity contribution in [3.63, 3.8) is 0 Å². The number of nitrogens with one attached hydrogen (secondary N) is 1. The van der Waals surface area contributed by atoms with Crippen molar-refractivity contribution in [3.8, 4) is 5.75 Å². The van der Waals surface area contributed by atoms with Gasteiger partial charge < -0.3 is 19.5 Å².